The Hall–Kier alpha value is -4.89. The van der Waals surface area contributed by atoms with Crippen LogP contribution < -0.4 is 10.6 Å². The number of carbonyl (C=O) groups is 6. The van der Waals surface area contributed by atoms with Crippen LogP contribution in [0.15, 0.2) is 47.4 Å². The topological polar surface area (TPSA) is 189 Å². The third kappa shape index (κ3) is 8.72. The Morgan fingerprint density at radius 1 is 1.00 bits per heavy atom. The van der Waals surface area contributed by atoms with Crippen molar-refractivity contribution in [2.45, 2.75) is 63.3 Å². The molecular weight excluding hydrogens is 663 g/mol. The molecular formula is C33H35N3O10S2. The number of hydrogen-bond acceptors (Lipinski definition) is 10. The standard InChI is InChI=1S/C33H35N3O10S2/c1-6-45-31(43)25-22-12-13-36(32(44)46-33(3,4)5)16-24(22)48-28(25)35-26(37)17(2)47-20-9-7-8-19(15-20)34-27(38)21-11-10-18(29(39)40)14-23(21)30(41)42/h7-11,14-15,17H,6,12-13,16H2,1-5H3,(H,34,38)(H,35,37)(H,39,40)(H,41,42). The highest BCUT2D eigenvalue weighted by atomic mass is 32.2. The molecule has 3 aromatic rings. The number of nitrogens with zero attached hydrogens (tertiary/aromatic N) is 1. The second-order valence-corrected chi connectivity index (χ2v) is 14.2. The molecule has 0 aliphatic carbocycles. The summed E-state index contributed by atoms with van der Waals surface area (Å²) in [6, 6.07) is 9.77. The van der Waals surface area contributed by atoms with Crippen LogP contribution >= 0.6 is 23.1 Å². The first-order chi connectivity index (χ1) is 22.6. The van der Waals surface area contributed by atoms with E-state index < -0.39 is 52.2 Å². The number of hydrogen-bond donors (Lipinski definition) is 4. The molecule has 254 valence electrons. The summed E-state index contributed by atoms with van der Waals surface area (Å²) in [4.78, 5) is 77.9. The van der Waals surface area contributed by atoms with Gasteiger partial charge in [-0.15, -0.1) is 23.1 Å². The predicted molar refractivity (Wildman–Crippen MR) is 179 cm³/mol. The highest BCUT2D eigenvalue weighted by molar-refractivity contribution is 8.00. The van der Waals surface area contributed by atoms with E-state index >= 15 is 0 Å². The summed E-state index contributed by atoms with van der Waals surface area (Å²) < 4.78 is 10.8. The molecule has 1 aliphatic rings. The SMILES string of the molecule is CCOC(=O)c1c(NC(=O)C(C)Sc2cccc(NC(=O)c3ccc(C(=O)O)cc3C(=O)O)c2)sc2c1CCN(C(=O)OC(C)(C)C)C2. The first kappa shape index (κ1) is 36.0. The Balaban J connectivity index is 1.48. The van der Waals surface area contributed by atoms with Gasteiger partial charge in [0.2, 0.25) is 5.91 Å². The van der Waals surface area contributed by atoms with Gasteiger partial charge in [0, 0.05) is 22.0 Å². The van der Waals surface area contributed by atoms with Crippen LogP contribution in [0.4, 0.5) is 15.5 Å². The molecule has 0 spiro atoms. The third-order valence-electron chi connectivity index (χ3n) is 6.94. The lowest BCUT2D eigenvalue weighted by Crippen LogP contribution is -2.39. The number of fused-ring (bicyclic) bond motifs is 1. The van der Waals surface area contributed by atoms with Crippen LogP contribution in [0.25, 0.3) is 0 Å². The van der Waals surface area contributed by atoms with Crippen molar-refractivity contribution >= 4 is 69.6 Å². The van der Waals surface area contributed by atoms with E-state index in [0.717, 1.165) is 28.6 Å². The van der Waals surface area contributed by atoms with Crippen LogP contribution in [0.2, 0.25) is 0 Å². The van der Waals surface area contributed by atoms with Crippen molar-refractivity contribution in [3.8, 4) is 0 Å². The number of thiophene rings is 1. The number of thioether (sulfide) groups is 1. The number of rotatable bonds is 10. The maximum Gasteiger partial charge on any atom is 0.410 e. The van der Waals surface area contributed by atoms with Crippen molar-refractivity contribution in [3.05, 3.63) is 75.2 Å². The van der Waals surface area contributed by atoms with Gasteiger partial charge in [0.15, 0.2) is 0 Å². The molecule has 15 heteroatoms. The fraction of sp³-hybridized carbons (Fsp3) is 0.333. The highest BCUT2D eigenvalue weighted by Crippen LogP contribution is 2.39. The summed E-state index contributed by atoms with van der Waals surface area (Å²) in [5, 5.41) is 23.8. The number of ether oxygens (including phenoxy) is 2. The van der Waals surface area contributed by atoms with E-state index in [9.17, 15) is 39.0 Å². The van der Waals surface area contributed by atoms with Crippen molar-refractivity contribution in [2.75, 3.05) is 23.8 Å². The molecule has 2 heterocycles. The maximum absolute atomic E-state index is 13.4. The molecule has 1 aliphatic heterocycles. The van der Waals surface area contributed by atoms with E-state index in [1.165, 1.54) is 23.1 Å². The Morgan fingerprint density at radius 3 is 2.38 bits per heavy atom. The number of nitrogens with one attached hydrogen (secondary N) is 2. The van der Waals surface area contributed by atoms with Crippen LogP contribution in [-0.4, -0.2) is 74.9 Å². The molecule has 4 N–H and O–H groups in total. The van der Waals surface area contributed by atoms with Gasteiger partial charge in [0.25, 0.3) is 5.91 Å². The average Bonchev–Trinajstić information content (AvgIpc) is 3.37. The van der Waals surface area contributed by atoms with Crippen molar-refractivity contribution in [1.82, 2.24) is 4.90 Å². The molecule has 2 aromatic carbocycles. The molecule has 13 nitrogen and oxygen atoms in total. The molecule has 0 bridgehead atoms. The largest absolute Gasteiger partial charge is 0.478 e. The van der Waals surface area contributed by atoms with Crippen molar-refractivity contribution in [2.24, 2.45) is 0 Å². The lowest BCUT2D eigenvalue weighted by Gasteiger charge is -2.30. The zero-order chi connectivity index (χ0) is 35.3. The first-order valence-corrected chi connectivity index (χ1v) is 16.6. The molecule has 0 fully saturated rings. The fourth-order valence-corrected chi connectivity index (χ4v) is 6.94. The van der Waals surface area contributed by atoms with Gasteiger partial charge in [0.05, 0.1) is 40.7 Å². The molecule has 3 amide bonds. The van der Waals surface area contributed by atoms with Crippen LogP contribution in [0.5, 0.6) is 0 Å². The van der Waals surface area contributed by atoms with Crippen LogP contribution in [0, 0.1) is 0 Å². The number of anilines is 2. The average molecular weight is 698 g/mol. The number of esters is 1. The van der Waals surface area contributed by atoms with E-state index in [1.807, 2.05) is 0 Å². The number of carbonyl (C=O) groups excluding carboxylic acids is 4. The number of amides is 3. The summed E-state index contributed by atoms with van der Waals surface area (Å²) in [6.45, 7) is 9.41. The molecule has 1 aromatic heterocycles. The summed E-state index contributed by atoms with van der Waals surface area (Å²) in [6.07, 6.45) is -0.0815. The first-order valence-electron chi connectivity index (χ1n) is 14.9. The van der Waals surface area contributed by atoms with E-state index in [0.29, 0.717) is 28.5 Å². The molecule has 48 heavy (non-hydrogen) atoms. The van der Waals surface area contributed by atoms with Gasteiger partial charge in [-0.25, -0.2) is 19.2 Å². The minimum Gasteiger partial charge on any atom is -0.478 e. The number of aromatic carboxylic acids is 2. The van der Waals surface area contributed by atoms with Gasteiger partial charge in [-0.2, -0.15) is 0 Å². The number of benzene rings is 2. The fourth-order valence-electron chi connectivity index (χ4n) is 4.76. The summed E-state index contributed by atoms with van der Waals surface area (Å²) >= 11 is 2.39. The normalized spacial score (nSPS) is 13.1. The lowest BCUT2D eigenvalue weighted by atomic mass is 10.0. The summed E-state index contributed by atoms with van der Waals surface area (Å²) in [5.41, 5.74) is -0.299. The zero-order valence-electron chi connectivity index (χ0n) is 26.9. The van der Waals surface area contributed by atoms with Gasteiger partial charge in [-0.1, -0.05) is 6.07 Å². The second-order valence-electron chi connectivity index (χ2n) is 11.7. The van der Waals surface area contributed by atoms with E-state index in [-0.39, 0.29) is 29.8 Å². The minimum atomic E-state index is -1.45. The van der Waals surface area contributed by atoms with Gasteiger partial charge in [-0.05, 0) is 83.0 Å². The molecule has 4 rings (SSSR count). The summed E-state index contributed by atoms with van der Waals surface area (Å²) in [5.74, 6) is -4.50. The monoisotopic (exact) mass is 697 g/mol. The number of carboxylic acid groups (broad SMARTS) is 2. The number of carboxylic acids is 2. The Kier molecular flexibility index (Phi) is 11.2. The van der Waals surface area contributed by atoms with Gasteiger partial charge in [0.1, 0.15) is 10.6 Å². The van der Waals surface area contributed by atoms with Crippen LogP contribution in [0.3, 0.4) is 0 Å². The Morgan fingerprint density at radius 2 is 1.73 bits per heavy atom. The quantitative estimate of drug-likeness (QED) is 0.144. The Bertz CT molecular complexity index is 1780. The van der Waals surface area contributed by atoms with E-state index in [4.69, 9.17) is 9.47 Å². The summed E-state index contributed by atoms with van der Waals surface area (Å²) in [7, 11) is 0. The van der Waals surface area contributed by atoms with Crippen LogP contribution in [0.1, 0.15) is 86.5 Å². The van der Waals surface area contributed by atoms with E-state index in [1.54, 1.807) is 63.8 Å². The second kappa shape index (κ2) is 14.9. The molecule has 1 unspecified atom stereocenters. The van der Waals surface area contributed by atoms with Crippen molar-refractivity contribution < 1.29 is 48.5 Å². The smallest absolute Gasteiger partial charge is 0.410 e. The minimum absolute atomic E-state index is 0.144. The molecule has 1 atom stereocenters. The molecule has 0 radical (unpaired) electrons. The maximum atomic E-state index is 13.4. The van der Waals surface area contributed by atoms with Crippen molar-refractivity contribution in [3.63, 3.8) is 0 Å². The van der Waals surface area contributed by atoms with Crippen molar-refractivity contribution in [1.29, 1.82) is 0 Å². The lowest BCUT2D eigenvalue weighted by molar-refractivity contribution is -0.115. The molecule has 0 saturated heterocycles. The predicted octanol–water partition coefficient (Wildman–Crippen LogP) is 5.99. The third-order valence-corrected chi connectivity index (χ3v) is 9.17. The molecule has 0 saturated carbocycles. The van der Waals surface area contributed by atoms with Gasteiger partial charge < -0.3 is 35.2 Å². The zero-order valence-corrected chi connectivity index (χ0v) is 28.5. The van der Waals surface area contributed by atoms with Gasteiger partial charge in [-0.3, -0.25) is 9.59 Å². The Labute approximate surface area is 284 Å². The van der Waals surface area contributed by atoms with Crippen LogP contribution in [-0.2, 0) is 27.2 Å². The van der Waals surface area contributed by atoms with Gasteiger partial charge >= 0.3 is 24.0 Å². The van der Waals surface area contributed by atoms with E-state index in [2.05, 4.69) is 10.6 Å². The highest BCUT2D eigenvalue weighted by Gasteiger charge is 2.33.